The number of nitrogens with one attached hydrogen (secondary N) is 1. The molecule has 0 unspecified atom stereocenters. The maximum atomic E-state index is 12.8. The molecule has 2 rings (SSSR count). The van der Waals surface area contributed by atoms with Gasteiger partial charge in [0.25, 0.3) is 0 Å². The third-order valence-corrected chi connectivity index (χ3v) is 6.46. The molecule has 0 saturated carbocycles. The minimum absolute atomic E-state index is 0.299. The van der Waals surface area contributed by atoms with Crippen LogP contribution in [0, 0.1) is 41.5 Å². The molecule has 124 valence electrons. The summed E-state index contributed by atoms with van der Waals surface area (Å²) in [5, 5.41) is 0. The highest BCUT2D eigenvalue weighted by molar-refractivity contribution is 7.89. The Hall–Kier alpha value is -1.65. The highest BCUT2D eigenvalue weighted by Crippen LogP contribution is 2.29. The average Bonchev–Trinajstić information content (AvgIpc) is 2.50. The van der Waals surface area contributed by atoms with Gasteiger partial charge in [-0.3, -0.25) is 0 Å². The summed E-state index contributed by atoms with van der Waals surface area (Å²) >= 11 is 0. The quantitative estimate of drug-likeness (QED) is 0.920. The maximum Gasteiger partial charge on any atom is 0.241 e. The van der Waals surface area contributed by atoms with E-state index in [1.807, 2.05) is 65.8 Å². The minimum atomic E-state index is -3.54. The van der Waals surface area contributed by atoms with E-state index in [2.05, 4.69) is 4.72 Å². The van der Waals surface area contributed by atoms with Crippen molar-refractivity contribution in [1.29, 1.82) is 0 Å². The molecule has 0 atom stereocenters. The lowest BCUT2D eigenvalue weighted by Crippen LogP contribution is -2.25. The molecule has 1 N–H and O–H groups in total. The zero-order chi connectivity index (χ0) is 17.4. The van der Waals surface area contributed by atoms with E-state index in [9.17, 15) is 8.42 Å². The molecule has 0 bridgehead atoms. The van der Waals surface area contributed by atoms with Crippen LogP contribution in [0.1, 0.15) is 38.9 Å². The van der Waals surface area contributed by atoms with Gasteiger partial charge in [0.1, 0.15) is 0 Å². The highest BCUT2D eigenvalue weighted by atomic mass is 32.2. The predicted molar refractivity (Wildman–Crippen MR) is 95.3 cm³/mol. The van der Waals surface area contributed by atoms with Crippen LogP contribution in [0.25, 0.3) is 0 Å². The molecular weight excluding hydrogens is 306 g/mol. The van der Waals surface area contributed by atoms with E-state index in [0.717, 1.165) is 38.9 Å². The van der Waals surface area contributed by atoms with Gasteiger partial charge >= 0.3 is 0 Å². The van der Waals surface area contributed by atoms with E-state index in [1.165, 1.54) is 0 Å². The van der Waals surface area contributed by atoms with Crippen LogP contribution in [0.4, 0.5) is 0 Å². The van der Waals surface area contributed by atoms with Gasteiger partial charge in [0, 0.05) is 6.54 Å². The number of benzene rings is 2. The number of sulfonamides is 1. The van der Waals surface area contributed by atoms with Gasteiger partial charge in [-0.25, -0.2) is 13.1 Å². The molecule has 0 aromatic heterocycles. The lowest BCUT2D eigenvalue weighted by atomic mass is 9.95. The second kappa shape index (κ2) is 6.46. The van der Waals surface area contributed by atoms with Crippen molar-refractivity contribution in [3.63, 3.8) is 0 Å². The Bertz CT molecular complexity index is 806. The van der Waals surface area contributed by atoms with Crippen molar-refractivity contribution < 1.29 is 8.42 Å². The lowest BCUT2D eigenvalue weighted by molar-refractivity contribution is 0.579. The molecule has 0 aliphatic heterocycles. The first-order valence-corrected chi connectivity index (χ1v) is 9.25. The molecule has 0 heterocycles. The van der Waals surface area contributed by atoms with Crippen LogP contribution in [-0.2, 0) is 16.6 Å². The molecule has 23 heavy (non-hydrogen) atoms. The van der Waals surface area contributed by atoms with Gasteiger partial charge in [0.15, 0.2) is 0 Å². The fraction of sp³-hybridized carbons (Fsp3) is 0.368. The van der Waals surface area contributed by atoms with Gasteiger partial charge in [0.2, 0.25) is 10.0 Å². The highest BCUT2D eigenvalue weighted by Gasteiger charge is 2.23. The number of aryl methyl sites for hydroxylation is 1. The van der Waals surface area contributed by atoms with Crippen LogP contribution >= 0.6 is 0 Å². The van der Waals surface area contributed by atoms with Crippen molar-refractivity contribution in [2.45, 2.75) is 53.0 Å². The zero-order valence-corrected chi connectivity index (χ0v) is 15.6. The molecule has 2 aromatic rings. The van der Waals surface area contributed by atoms with Crippen molar-refractivity contribution in [3.8, 4) is 0 Å². The monoisotopic (exact) mass is 331 g/mol. The number of hydrogen-bond donors (Lipinski definition) is 1. The molecular formula is C19H25NO2S. The molecule has 0 radical (unpaired) electrons. The summed E-state index contributed by atoms with van der Waals surface area (Å²) in [7, 11) is -3.54. The van der Waals surface area contributed by atoms with Gasteiger partial charge in [-0.1, -0.05) is 29.8 Å². The van der Waals surface area contributed by atoms with Crippen LogP contribution in [0.3, 0.4) is 0 Å². The lowest BCUT2D eigenvalue weighted by Gasteiger charge is -2.19. The Morgan fingerprint density at radius 3 is 1.65 bits per heavy atom. The van der Waals surface area contributed by atoms with Crippen molar-refractivity contribution in [2.24, 2.45) is 0 Å². The van der Waals surface area contributed by atoms with E-state index in [-0.39, 0.29) is 0 Å². The molecule has 0 aliphatic rings. The molecule has 0 spiro atoms. The third-order valence-electron chi connectivity index (χ3n) is 4.79. The second-order valence-corrected chi connectivity index (χ2v) is 7.97. The summed E-state index contributed by atoms with van der Waals surface area (Å²) in [6.07, 6.45) is 0. The van der Waals surface area contributed by atoms with Crippen molar-refractivity contribution >= 4 is 10.0 Å². The van der Waals surface area contributed by atoms with E-state index >= 15 is 0 Å². The summed E-state index contributed by atoms with van der Waals surface area (Å²) in [4.78, 5) is 0.421. The van der Waals surface area contributed by atoms with Crippen LogP contribution in [-0.4, -0.2) is 8.42 Å². The minimum Gasteiger partial charge on any atom is -0.207 e. The summed E-state index contributed by atoms with van der Waals surface area (Å²) in [5.41, 5.74) is 7.04. The smallest absolute Gasteiger partial charge is 0.207 e. The maximum absolute atomic E-state index is 12.8. The SMILES string of the molecule is Cc1ccc(CNS(=O)(=O)c2c(C)c(C)c(C)c(C)c2C)cc1. The Balaban J connectivity index is 2.39. The Labute approximate surface area is 139 Å². The van der Waals surface area contributed by atoms with Gasteiger partial charge < -0.3 is 0 Å². The molecule has 0 aliphatic carbocycles. The third kappa shape index (κ3) is 3.48. The van der Waals surface area contributed by atoms with Gasteiger partial charge in [-0.15, -0.1) is 0 Å². The number of rotatable bonds is 4. The largest absolute Gasteiger partial charge is 0.241 e. The molecule has 2 aromatic carbocycles. The Morgan fingerprint density at radius 2 is 1.17 bits per heavy atom. The summed E-state index contributed by atoms with van der Waals surface area (Å²) in [6, 6.07) is 7.87. The van der Waals surface area contributed by atoms with Crippen LogP contribution in [0.15, 0.2) is 29.2 Å². The van der Waals surface area contributed by atoms with Gasteiger partial charge in [-0.05, 0) is 74.9 Å². The zero-order valence-electron chi connectivity index (χ0n) is 14.7. The van der Waals surface area contributed by atoms with E-state index in [0.29, 0.717) is 11.4 Å². The second-order valence-electron chi connectivity index (χ2n) is 6.26. The summed E-state index contributed by atoms with van der Waals surface area (Å²) in [6.45, 7) is 12.1. The fourth-order valence-corrected chi connectivity index (χ4v) is 4.44. The van der Waals surface area contributed by atoms with Crippen LogP contribution in [0.2, 0.25) is 0 Å². The van der Waals surface area contributed by atoms with Crippen molar-refractivity contribution in [2.75, 3.05) is 0 Å². The van der Waals surface area contributed by atoms with Crippen LogP contribution < -0.4 is 4.72 Å². The fourth-order valence-electron chi connectivity index (χ4n) is 2.83. The van der Waals surface area contributed by atoms with Gasteiger partial charge in [-0.2, -0.15) is 0 Å². The first-order chi connectivity index (χ1) is 10.6. The average molecular weight is 331 g/mol. The van der Waals surface area contributed by atoms with E-state index in [4.69, 9.17) is 0 Å². The van der Waals surface area contributed by atoms with Crippen LogP contribution in [0.5, 0.6) is 0 Å². The van der Waals surface area contributed by atoms with Gasteiger partial charge in [0.05, 0.1) is 4.90 Å². The molecule has 4 heteroatoms. The Kier molecular flexibility index (Phi) is 4.97. The van der Waals surface area contributed by atoms with Crippen molar-refractivity contribution in [1.82, 2.24) is 4.72 Å². The molecule has 0 fully saturated rings. The Morgan fingerprint density at radius 1 is 0.739 bits per heavy atom. The summed E-state index contributed by atoms with van der Waals surface area (Å²) in [5.74, 6) is 0. The first kappa shape index (κ1) is 17.7. The molecule has 0 amide bonds. The molecule has 3 nitrogen and oxygen atoms in total. The molecule has 0 saturated heterocycles. The summed E-state index contributed by atoms with van der Waals surface area (Å²) < 4.78 is 28.4. The number of hydrogen-bond acceptors (Lipinski definition) is 2. The van der Waals surface area contributed by atoms with E-state index in [1.54, 1.807) is 0 Å². The van der Waals surface area contributed by atoms with E-state index < -0.39 is 10.0 Å². The first-order valence-electron chi connectivity index (χ1n) is 7.77. The predicted octanol–water partition coefficient (Wildman–Crippen LogP) is 4.02. The normalized spacial score (nSPS) is 11.7. The standard InChI is InChI=1S/C19H25NO2S/c1-12-7-9-18(10-8-12)11-20-23(21,22)19-16(5)14(3)13(2)15(4)17(19)6/h7-10,20H,11H2,1-6H3. The topological polar surface area (TPSA) is 46.2 Å². The van der Waals surface area contributed by atoms with Crippen molar-refractivity contribution in [3.05, 3.63) is 63.2 Å².